The molecule has 0 atom stereocenters. The summed E-state index contributed by atoms with van der Waals surface area (Å²) in [6.07, 6.45) is 12.1. The second-order valence-corrected chi connectivity index (χ2v) is 23.9. The Morgan fingerprint density at radius 1 is 0.588 bits per heavy atom. The van der Waals surface area contributed by atoms with E-state index in [1.807, 2.05) is 36.4 Å². The lowest BCUT2D eigenvalue weighted by molar-refractivity contribution is -0.401. The van der Waals surface area contributed by atoms with Gasteiger partial charge in [-0.15, -0.1) is 0 Å². The van der Waals surface area contributed by atoms with Crippen molar-refractivity contribution >= 4 is 75.6 Å². The third-order valence-corrected chi connectivity index (χ3v) is 17.2. The van der Waals surface area contributed by atoms with Crippen LogP contribution in [0.1, 0.15) is 87.8 Å². The fourth-order valence-corrected chi connectivity index (χ4v) is 12.6. The lowest BCUT2D eigenvalue weighted by Crippen LogP contribution is -2.36. The quantitative estimate of drug-likeness (QED) is 0.00869. The van der Waals surface area contributed by atoms with Crippen molar-refractivity contribution < 1.29 is 34.3 Å². The number of para-hydroxylation sites is 1. The van der Waals surface area contributed by atoms with Crippen molar-refractivity contribution in [2.45, 2.75) is 91.4 Å². The third-order valence-electron chi connectivity index (χ3n) is 17.2. The van der Waals surface area contributed by atoms with Gasteiger partial charge in [0.25, 0.3) is 0 Å². The fraction of sp³-hybridized carbons (Fsp3) is 0.282. The predicted octanol–water partition coefficient (Wildman–Crippen LogP) is 9.62. The molecular formula is C71H81B2N6O6+. The minimum atomic E-state index is -1.66. The second kappa shape index (κ2) is 26.5. The molecule has 2 aliphatic heterocycles. The molecule has 7 aromatic carbocycles. The smallest absolute Gasteiger partial charge is 0.423 e. The van der Waals surface area contributed by atoms with Gasteiger partial charge in [-0.05, 0) is 142 Å². The summed E-state index contributed by atoms with van der Waals surface area (Å²) in [5.74, 6) is -0.389. The van der Waals surface area contributed by atoms with Crippen molar-refractivity contribution in [2.75, 3.05) is 45.2 Å². The molecule has 0 radical (unpaired) electrons. The summed E-state index contributed by atoms with van der Waals surface area (Å²) in [6.45, 7) is 24.0. The van der Waals surface area contributed by atoms with Gasteiger partial charge in [-0.1, -0.05) is 148 Å². The molecule has 0 fully saturated rings. The molecule has 0 bridgehead atoms. The van der Waals surface area contributed by atoms with Crippen molar-refractivity contribution in [3.8, 4) is 11.1 Å². The van der Waals surface area contributed by atoms with Gasteiger partial charge in [-0.2, -0.15) is 4.58 Å². The number of benzene rings is 7. The Morgan fingerprint density at radius 2 is 1.08 bits per heavy atom. The number of carbonyl (C=O) groups is 2. The molecule has 0 saturated heterocycles. The van der Waals surface area contributed by atoms with Crippen molar-refractivity contribution in [1.29, 1.82) is 0 Å². The lowest BCUT2D eigenvalue weighted by Gasteiger charge is -2.28. The largest absolute Gasteiger partial charge is 0.488 e. The molecule has 0 saturated carbocycles. The maximum Gasteiger partial charge on any atom is 0.488 e. The molecule has 2 amide bonds. The van der Waals surface area contributed by atoms with E-state index in [0.29, 0.717) is 87.3 Å². The fourth-order valence-electron chi connectivity index (χ4n) is 12.6. The van der Waals surface area contributed by atoms with Gasteiger partial charge >= 0.3 is 14.2 Å². The summed E-state index contributed by atoms with van der Waals surface area (Å²) < 4.78 is 2.30. The number of nitrogens with zero attached hydrogens (tertiary/aromatic N) is 4. The number of nitrogens with one attached hydrogen (secondary N) is 2. The number of fused-ring (bicyclic) bond motifs is 4. The highest BCUT2D eigenvalue weighted by Crippen LogP contribution is 2.47. The van der Waals surface area contributed by atoms with Gasteiger partial charge in [0.2, 0.25) is 17.5 Å². The number of carbonyl (C=O) groups excluding carboxylic acids is 2. The first kappa shape index (κ1) is 61.6. The van der Waals surface area contributed by atoms with Crippen LogP contribution in [0.15, 0.2) is 194 Å². The molecular weight excluding hydrogens is 1050 g/mol. The predicted molar refractivity (Wildman–Crippen MR) is 351 cm³/mol. The number of amides is 2. The normalized spacial score (nSPS) is 14.8. The van der Waals surface area contributed by atoms with Gasteiger partial charge in [0.05, 0.1) is 5.41 Å². The minimum Gasteiger partial charge on any atom is -0.423 e. The molecule has 6 N–H and O–H groups in total. The SMILES string of the molecule is C=C(C)C(=O)NCCCN(Cc1ccccc1B(O)O)Cc1c2ccccc2c(CN(CCCNC(=O)C(=C)C)Cc2ccccc2B(O)O)c2cc(-c3ccc4c(c3)C(C)(C)C(/C=C/C=C/C=C3/N(C)c5ccccc5C3(C)C)=[N+]4C)ccc12. The number of allylic oxidation sites excluding steroid dienone is 6. The number of hydrogen-bond donors (Lipinski definition) is 6. The zero-order chi connectivity index (χ0) is 60.7. The van der Waals surface area contributed by atoms with Crippen LogP contribution in [-0.2, 0) is 46.6 Å². The summed E-state index contributed by atoms with van der Waals surface area (Å²) in [5.41, 5.74) is 14.6. The Hall–Kier alpha value is -7.94. The standard InChI is InChI=1S/C71H80B2N6O6/c1-48(2)68(80)74-38-22-40-78(44-52-24-14-19-29-62(52)72(82)83)46-58-54-26-16-17-27-55(54)59(47-79(41-23-39-75-69(81)49(3)4)45-53-25-15-20-30-63(53)73(84)85)57-42-50(34-36-56(57)58)51-35-37-65-61(43-51)71(7,8)67(77(65)10)33-13-11-12-32-66-70(5,6)60-28-18-21-31-64(60)76(66)9/h11-21,24-37,42-43,82-85H,1,3,22-23,38-41,44-47H2,2,4-10H3,(H-,74,75,80,81)/p+1. The first-order chi connectivity index (χ1) is 40.7. The molecule has 2 heterocycles. The van der Waals surface area contributed by atoms with E-state index in [0.717, 1.165) is 60.6 Å². The van der Waals surface area contributed by atoms with E-state index >= 15 is 0 Å². The van der Waals surface area contributed by atoms with E-state index in [2.05, 4.69) is 200 Å². The Morgan fingerprint density at radius 3 is 1.64 bits per heavy atom. The van der Waals surface area contributed by atoms with Crippen LogP contribution < -0.4 is 26.5 Å². The van der Waals surface area contributed by atoms with Gasteiger partial charge in [-0.25, -0.2) is 0 Å². The van der Waals surface area contributed by atoms with Crippen LogP contribution in [0.3, 0.4) is 0 Å². The van der Waals surface area contributed by atoms with E-state index in [4.69, 9.17) is 0 Å². The van der Waals surface area contributed by atoms with Crippen LogP contribution in [0.4, 0.5) is 11.4 Å². The van der Waals surface area contributed by atoms with Crippen LogP contribution in [0.2, 0.25) is 0 Å². The zero-order valence-corrected chi connectivity index (χ0v) is 50.6. The highest BCUT2D eigenvalue weighted by Gasteiger charge is 2.43. The van der Waals surface area contributed by atoms with E-state index in [-0.39, 0.29) is 22.6 Å². The monoisotopic (exact) mass is 1140 g/mol. The van der Waals surface area contributed by atoms with Crippen LogP contribution in [-0.4, -0.2) is 107 Å². The molecule has 7 aromatic rings. The average molecular weight is 1140 g/mol. The van der Waals surface area contributed by atoms with E-state index in [1.165, 1.54) is 28.2 Å². The third kappa shape index (κ3) is 13.5. The van der Waals surface area contributed by atoms with Gasteiger partial charge in [0.15, 0.2) is 5.71 Å². The summed E-state index contributed by atoms with van der Waals surface area (Å²) in [4.78, 5) is 32.2. The second-order valence-electron chi connectivity index (χ2n) is 23.9. The highest BCUT2D eigenvalue weighted by atomic mass is 16.4. The number of anilines is 1. The topological polar surface area (TPSA) is 152 Å². The zero-order valence-electron chi connectivity index (χ0n) is 50.6. The van der Waals surface area contributed by atoms with Gasteiger partial charge in [0.1, 0.15) is 7.05 Å². The number of likely N-dealkylation sites (N-methyl/N-ethyl adjacent to an activating group) is 1. The van der Waals surface area contributed by atoms with Crippen molar-refractivity contribution in [3.05, 3.63) is 227 Å². The molecule has 12 nitrogen and oxygen atoms in total. The van der Waals surface area contributed by atoms with Crippen molar-refractivity contribution in [2.24, 2.45) is 0 Å². The molecule has 0 spiro atoms. The summed E-state index contributed by atoms with van der Waals surface area (Å²) in [7, 11) is 0.972. The van der Waals surface area contributed by atoms with E-state index in [1.54, 1.807) is 26.0 Å². The Kier molecular flexibility index (Phi) is 19.2. The molecule has 0 unspecified atom stereocenters. The van der Waals surface area contributed by atoms with Crippen molar-refractivity contribution in [3.63, 3.8) is 0 Å². The average Bonchev–Trinajstić information content (AvgIpc) is 2.34. The Labute approximate surface area is 502 Å². The molecule has 0 aromatic heterocycles. The number of rotatable bonds is 24. The van der Waals surface area contributed by atoms with Crippen LogP contribution in [0, 0.1) is 0 Å². The maximum absolute atomic E-state index is 12.7. The van der Waals surface area contributed by atoms with Crippen LogP contribution in [0.5, 0.6) is 0 Å². The minimum absolute atomic E-state index is 0.108. The van der Waals surface area contributed by atoms with Gasteiger partial charge in [0, 0.05) is 105 Å². The van der Waals surface area contributed by atoms with E-state index in [9.17, 15) is 29.7 Å². The van der Waals surface area contributed by atoms with Crippen LogP contribution >= 0.6 is 0 Å². The lowest BCUT2D eigenvalue weighted by atomic mass is 9.77. The first-order valence-corrected chi connectivity index (χ1v) is 29.5. The van der Waals surface area contributed by atoms with Crippen molar-refractivity contribution in [1.82, 2.24) is 20.4 Å². The maximum atomic E-state index is 12.7. The summed E-state index contributed by atoms with van der Waals surface area (Å²) in [5, 5.41) is 52.5. The van der Waals surface area contributed by atoms with Gasteiger partial charge in [-0.3, -0.25) is 19.4 Å². The summed E-state index contributed by atoms with van der Waals surface area (Å²) >= 11 is 0. The molecule has 9 rings (SSSR count). The highest BCUT2D eigenvalue weighted by molar-refractivity contribution is 6.59. The Bertz CT molecular complexity index is 3820. The first-order valence-electron chi connectivity index (χ1n) is 29.5. The molecule has 14 heteroatoms. The molecule has 85 heavy (non-hydrogen) atoms. The Balaban J connectivity index is 1.12. The van der Waals surface area contributed by atoms with E-state index < -0.39 is 14.2 Å². The van der Waals surface area contributed by atoms with Crippen LogP contribution in [0.25, 0.3) is 32.7 Å². The van der Waals surface area contributed by atoms with Gasteiger partial charge < -0.3 is 35.6 Å². The molecule has 0 aliphatic carbocycles. The molecule has 2 aliphatic rings. The molecule has 436 valence electrons. The number of hydrogen-bond acceptors (Lipinski definition) is 9. The summed E-state index contributed by atoms with van der Waals surface area (Å²) in [6, 6.07) is 45.5.